The highest BCUT2D eigenvalue weighted by Gasteiger charge is 2.30. The molecular weight excluding hydrogens is 356 g/mol. The molecule has 5 nitrogen and oxygen atoms in total. The Kier molecular flexibility index (Phi) is 4.70. The molecule has 2 aromatic carbocycles. The molecule has 1 heterocycles. The Morgan fingerprint density at radius 3 is 2.50 bits per heavy atom. The van der Waals surface area contributed by atoms with Crippen molar-refractivity contribution < 1.29 is 31.6 Å². The summed E-state index contributed by atoms with van der Waals surface area (Å²) in [5.41, 5.74) is -0.467. The fourth-order valence-corrected chi connectivity index (χ4v) is 2.07. The molecule has 0 aliphatic heterocycles. The smallest absolute Gasteiger partial charge is 0.416 e. The lowest BCUT2D eigenvalue weighted by Crippen LogP contribution is -2.05. The van der Waals surface area contributed by atoms with Crippen LogP contribution in [-0.2, 0) is 17.5 Å². The maximum Gasteiger partial charge on any atom is 0.416 e. The second-order valence-corrected chi connectivity index (χ2v) is 5.17. The van der Waals surface area contributed by atoms with Crippen LogP contribution in [0.4, 0.5) is 17.6 Å². The lowest BCUT2D eigenvalue weighted by Gasteiger charge is -2.05. The van der Waals surface area contributed by atoms with Crippen molar-refractivity contribution in [3.8, 4) is 11.4 Å². The number of ether oxygens (including phenoxy) is 1. The second-order valence-electron chi connectivity index (χ2n) is 5.17. The van der Waals surface area contributed by atoms with Crippen molar-refractivity contribution in [1.82, 2.24) is 10.1 Å². The van der Waals surface area contributed by atoms with E-state index in [-0.39, 0.29) is 23.9 Å². The summed E-state index contributed by atoms with van der Waals surface area (Å²) >= 11 is 0. The molecule has 0 aliphatic carbocycles. The van der Waals surface area contributed by atoms with Crippen molar-refractivity contribution in [2.45, 2.75) is 12.8 Å². The van der Waals surface area contributed by atoms with Gasteiger partial charge in [-0.3, -0.25) is 0 Å². The van der Waals surface area contributed by atoms with Crippen LogP contribution in [0, 0.1) is 5.82 Å². The van der Waals surface area contributed by atoms with Gasteiger partial charge in [0.25, 0.3) is 5.89 Å². The predicted molar refractivity (Wildman–Crippen MR) is 80.3 cm³/mol. The van der Waals surface area contributed by atoms with Crippen LogP contribution in [0.1, 0.15) is 21.8 Å². The minimum Gasteiger partial charge on any atom is -0.452 e. The molecule has 134 valence electrons. The number of carbonyl (C=O) groups is 1. The molecular formula is C17H10F4N2O3. The van der Waals surface area contributed by atoms with E-state index >= 15 is 0 Å². The Bertz CT molecular complexity index is 920. The Hall–Kier alpha value is -3.23. The molecule has 0 atom stereocenters. The number of esters is 1. The first-order valence-electron chi connectivity index (χ1n) is 7.26. The van der Waals surface area contributed by atoms with Crippen molar-refractivity contribution in [3.05, 3.63) is 71.4 Å². The highest BCUT2D eigenvalue weighted by Crippen LogP contribution is 2.30. The van der Waals surface area contributed by atoms with Crippen LogP contribution in [-0.4, -0.2) is 16.1 Å². The molecule has 0 N–H and O–H groups in total. The van der Waals surface area contributed by atoms with Crippen molar-refractivity contribution in [1.29, 1.82) is 0 Å². The van der Waals surface area contributed by atoms with E-state index in [1.54, 1.807) is 0 Å². The average Bonchev–Trinajstić information content (AvgIpc) is 3.08. The van der Waals surface area contributed by atoms with Gasteiger partial charge in [-0.15, -0.1) is 0 Å². The number of hydrogen-bond acceptors (Lipinski definition) is 5. The zero-order chi connectivity index (χ0) is 18.7. The van der Waals surface area contributed by atoms with Gasteiger partial charge in [0, 0.05) is 5.56 Å². The Morgan fingerprint density at radius 2 is 1.85 bits per heavy atom. The number of halogens is 4. The van der Waals surface area contributed by atoms with E-state index in [1.165, 1.54) is 30.3 Å². The third-order valence-corrected chi connectivity index (χ3v) is 3.33. The zero-order valence-electron chi connectivity index (χ0n) is 13.0. The summed E-state index contributed by atoms with van der Waals surface area (Å²) in [6, 6.07) is 9.15. The second kappa shape index (κ2) is 6.95. The molecule has 0 saturated heterocycles. The summed E-state index contributed by atoms with van der Waals surface area (Å²) in [6.45, 7) is -0.358. The monoisotopic (exact) mass is 366 g/mol. The molecule has 1 aromatic heterocycles. The number of rotatable bonds is 4. The van der Waals surface area contributed by atoms with E-state index in [0.29, 0.717) is 5.56 Å². The van der Waals surface area contributed by atoms with Crippen LogP contribution in [0.15, 0.2) is 53.1 Å². The number of alkyl halides is 3. The third kappa shape index (κ3) is 4.05. The quantitative estimate of drug-likeness (QED) is 0.510. The number of aromatic nitrogens is 2. The highest BCUT2D eigenvalue weighted by molar-refractivity contribution is 5.89. The maximum absolute atomic E-state index is 13.1. The van der Waals surface area contributed by atoms with Gasteiger partial charge in [0.1, 0.15) is 5.82 Å². The van der Waals surface area contributed by atoms with E-state index in [0.717, 1.165) is 18.2 Å². The minimum absolute atomic E-state index is 0.0208. The third-order valence-electron chi connectivity index (χ3n) is 3.33. The minimum atomic E-state index is -4.44. The molecule has 0 fully saturated rings. The van der Waals surface area contributed by atoms with Crippen molar-refractivity contribution in [3.63, 3.8) is 0 Å². The van der Waals surface area contributed by atoms with Crippen LogP contribution >= 0.6 is 0 Å². The van der Waals surface area contributed by atoms with Gasteiger partial charge in [-0.25, -0.2) is 9.18 Å². The van der Waals surface area contributed by atoms with Crippen LogP contribution in [0.5, 0.6) is 0 Å². The molecule has 0 unspecified atom stereocenters. The van der Waals surface area contributed by atoms with E-state index in [1.807, 2.05) is 0 Å². The van der Waals surface area contributed by atoms with Gasteiger partial charge in [0.15, 0.2) is 6.61 Å². The van der Waals surface area contributed by atoms with Crippen LogP contribution < -0.4 is 0 Å². The fraction of sp³-hybridized carbons (Fsp3) is 0.118. The normalized spacial score (nSPS) is 11.4. The first kappa shape index (κ1) is 17.6. The van der Waals surface area contributed by atoms with E-state index in [4.69, 9.17) is 9.26 Å². The highest BCUT2D eigenvalue weighted by atomic mass is 19.4. The summed E-state index contributed by atoms with van der Waals surface area (Å²) < 4.78 is 60.5. The molecule has 0 radical (unpaired) electrons. The van der Waals surface area contributed by atoms with Gasteiger partial charge in [-0.2, -0.15) is 18.2 Å². The van der Waals surface area contributed by atoms with Gasteiger partial charge in [-0.05, 0) is 30.3 Å². The fourth-order valence-electron chi connectivity index (χ4n) is 2.07. The van der Waals surface area contributed by atoms with Crippen molar-refractivity contribution in [2.24, 2.45) is 0 Å². The summed E-state index contributed by atoms with van der Waals surface area (Å²) in [5, 5.41) is 3.62. The molecule has 9 heteroatoms. The Balaban J connectivity index is 1.65. The molecule has 3 rings (SSSR count). The zero-order valence-corrected chi connectivity index (χ0v) is 13.0. The first-order valence-corrected chi connectivity index (χ1v) is 7.26. The molecule has 3 aromatic rings. The Morgan fingerprint density at radius 1 is 1.12 bits per heavy atom. The van der Waals surface area contributed by atoms with E-state index in [2.05, 4.69) is 10.1 Å². The lowest BCUT2D eigenvalue weighted by molar-refractivity contribution is -0.137. The summed E-state index contributed by atoms with van der Waals surface area (Å²) in [7, 11) is 0. The van der Waals surface area contributed by atoms with Crippen molar-refractivity contribution >= 4 is 5.97 Å². The van der Waals surface area contributed by atoms with Gasteiger partial charge in [-0.1, -0.05) is 23.4 Å². The summed E-state index contributed by atoms with van der Waals surface area (Å²) in [4.78, 5) is 15.7. The molecule has 0 amide bonds. The SMILES string of the molecule is O=C(OCc1nc(-c2ccc(C(F)(F)F)cc2)no1)c1cccc(F)c1. The average molecular weight is 366 g/mol. The summed E-state index contributed by atoms with van der Waals surface area (Å²) in [5.74, 6) is -1.36. The van der Waals surface area contributed by atoms with Crippen LogP contribution in [0.25, 0.3) is 11.4 Å². The number of carbonyl (C=O) groups excluding carboxylic acids is 1. The van der Waals surface area contributed by atoms with Gasteiger partial charge in [0.05, 0.1) is 11.1 Å². The summed E-state index contributed by atoms with van der Waals surface area (Å²) in [6.07, 6.45) is -4.44. The van der Waals surface area contributed by atoms with Crippen LogP contribution in [0.3, 0.4) is 0 Å². The number of hydrogen-bond donors (Lipinski definition) is 0. The number of benzene rings is 2. The molecule has 26 heavy (non-hydrogen) atoms. The topological polar surface area (TPSA) is 65.2 Å². The maximum atomic E-state index is 13.1. The molecule has 0 aliphatic rings. The molecule has 0 saturated carbocycles. The van der Waals surface area contributed by atoms with Gasteiger partial charge in [0.2, 0.25) is 5.82 Å². The first-order chi connectivity index (χ1) is 12.3. The largest absolute Gasteiger partial charge is 0.452 e. The van der Waals surface area contributed by atoms with E-state index in [9.17, 15) is 22.4 Å². The Labute approximate surface area is 144 Å². The molecule has 0 spiro atoms. The molecule has 0 bridgehead atoms. The predicted octanol–water partition coefficient (Wildman–Crippen LogP) is 4.25. The van der Waals surface area contributed by atoms with Crippen LogP contribution in [0.2, 0.25) is 0 Å². The van der Waals surface area contributed by atoms with Crippen molar-refractivity contribution in [2.75, 3.05) is 0 Å². The standard InChI is InChI=1S/C17H10F4N2O3/c18-13-3-1-2-11(8-13)16(24)25-9-14-22-15(23-26-14)10-4-6-12(7-5-10)17(19,20)21/h1-8H,9H2. The van der Waals surface area contributed by atoms with E-state index < -0.39 is 23.5 Å². The van der Waals surface area contributed by atoms with Gasteiger partial charge < -0.3 is 9.26 Å². The van der Waals surface area contributed by atoms with Gasteiger partial charge >= 0.3 is 12.1 Å². The number of nitrogens with zero attached hydrogens (tertiary/aromatic N) is 2. The lowest BCUT2D eigenvalue weighted by atomic mass is 10.1.